The Bertz CT molecular complexity index is 1010. The Labute approximate surface area is 155 Å². The topological polar surface area (TPSA) is 3.24 Å². The number of aryl methyl sites for hydroxylation is 2. The number of anilines is 3. The first kappa shape index (κ1) is 19.0. The molecule has 140 valence electrons. The maximum Gasteiger partial charge on any atom is 0.183 e. The summed E-state index contributed by atoms with van der Waals surface area (Å²) >= 11 is 0. The van der Waals surface area contributed by atoms with Crippen LogP contribution in [0.1, 0.15) is 22.3 Å². The molecule has 0 heterocycles. The maximum atomic E-state index is 15.0. The van der Waals surface area contributed by atoms with Crippen LogP contribution in [0.25, 0.3) is 0 Å². The molecule has 0 aromatic heterocycles. The molecule has 0 aliphatic rings. The standard InChI is InChI=1S/C22H19F4N/c1-12-5-8-16(9-6-12)27(18-10-7-13(2)20(24)22(18)26)19-11-17(23)14(3)15(4)21(19)25/h5-11H,1-4H3. The number of benzene rings is 3. The second-order valence-electron chi connectivity index (χ2n) is 6.64. The molecule has 0 aliphatic carbocycles. The number of rotatable bonds is 3. The van der Waals surface area contributed by atoms with Gasteiger partial charge in [0.2, 0.25) is 0 Å². The second-order valence-corrected chi connectivity index (χ2v) is 6.64. The minimum atomic E-state index is -1.12. The van der Waals surface area contributed by atoms with Gasteiger partial charge in [-0.05, 0) is 62.6 Å². The summed E-state index contributed by atoms with van der Waals surface area (Å²) in [5.41, 5.74) is 1.40. The second kappa shape index (κ2) is 7.06. The van der Waals surface area contributed by atoms with Gasteiger partial charge in [-0.3, -0.25) is 0 Å². The zero-order chi connectivity index (χ0) is 19.9. The van der Waals surface area contributed by atoms with Crippen molar-refractivity contribution < 1.29 is 17.6 Å². The predicted octanol–water partition coefficient (Wildman–Crippen LogP) is 6.95. The van der Waals surface area contributed by atoms with Gasteiger partial charge in [0.25, 0.3) is 0 Å². The Morgan fingerprint density at radius 2 is 1.26 bits per heavy atom. The maximum absolute atomic E-state index is 15.0. The third kappa shape index (κ3) is 3.29. The van der Waals surface area contributed by atoms with Crippen LogP contribution in [0.2, 0.25) is 0 Å². The van der Waals surface area contributed by atoms with Crippen molar-refractivity contribution in [2.45, 2.75) is 27.7 Å². The van der Waals surface area contributed by atoms with E-state index >= 15 is 4.39 Å². The van der Waals surface area contributed by atoms with Crippen molar-refractivity contribution in [3.63, 3.8) is 0 Å². The monoisotopic (exact) mass is 373 g/mol. The molecule has 0 saturated heterocycles. The van der Waals surface area contributed by atoms with Crippen molar-refractivity contribution in [2.24, 2.45) is 0 Å². The number of hydrogen-bond acceptors (Lipinski definition) is 1. The van der Waals surface area contributed by atoms with E-state index in [-0.39, 0.29) is 28.1 Å². The molecule has 3 aromatic carbocycles. The molecule has 1 nitrogen and oxygen atoms in total. The van der Waals surface area contributed by atoms with Crippen LogP contribution in [-0.4, -0.2) is 0 Å². The first-order valence-corrected chi connectivity index (χ1v) is 8.49. The van der Waals surface area contributed by atoms with Crippen molar-refractivity contribution >= 4 is 17.1 Å². The average molecular weight is 373 g/mol. The fourth-order valence-corrected chi connectivity index (χ4v) is 2.90. The first-order chi connectivity index (χ1) is 12.7. The molecule has 0 atom stereocenters. The molecular formula is C22H19F4N. The fourth-order valence-electron chi connectivity index (χ4n) is 2.90. The Hall–Kier alpha value is -2.82. The molecule has 0 spiro atoms. The summed E-state index contributed by atoms with van der Waals surface area (Å²) in [6.45, 7) is 6.24. The normalized spacial score (nSPS) is 11.0. The summed E-state index contributed by atoms with van der Waals surface area (Å²) in [7, 11) is 0. The molecule has 0 unspecified atom stereocenters. The zero-order valence-electron chi connectivity index (χ0n) is 15.5. The molecule has 27 heavy (non-hydrogen) atoms. The molecule has 3 aromatic rings. The first-order valence-electron chi connectivity index (χ1n) is 8.49. The Morgan fingerprint density at radius 1 is 0.630 bits per heavy atom. The van der Waals surface area contributed by atoms with Crippen LogP contribution in [0.5, 0.6) is 0 Å². The minimum Gasteiger partial charge on any atom is -0.305 e. The highest BCUT2D eigenvalue weighted by molar-refractivity contribution is 5.78. The molecular weight excluding hydrogens is 354 g/mol. The van der Waals surface area contributed by atoms with Crippen LogP contribution in [0.4, 0.5) is 34.6 Å². The van der Waals surface area contributed by atoms with Gasteiger partial charge in [-0.25, -0.2) is 17.6 Å². The highest BCUT2D eigenvalue weighted by Gasteiger charge is 2.24. The van der Waals surface area contributed by atoms with E-state index in [1.165, 1.54) is 37.8 Å². The Balaban J connectivity index is 2.34. The van der Waals surface area contributed by atoms with E-state index < -0.39 is 23.3 Å². The van der Waals surface area contributed by atoms with Crippen molar-refractivity contribution in [3.05, 3.63) is 88.0 Å². The van der Waals surface area contributed by atoms with E-state index in [9.17, 15) is 13.2 Å². The van der Waals surface area contributed by atoms with Crippen molar-refractivity contribution in [3.8, 4) is 0 Å². The van der Waals surface area contributed by atoms with Gasteiger partial charge in [0.05, 0.1) is 11.4 Å². The largest absolute Gasteiger partial charge is 0.305 e. The summed E-state index contributed by atoms with van der Waals surface area (Å²) in [5.74, 6) is -3.44. The van der Waals surface area contributed by atoms with E-state index in [2.05, 4.69) is 0 Å². The SMILES string of the molecule is Cc1ccc(N(c2cc(F)c(C)c(C)c2F)c2ccc(C)c(F)c2F)cc1. The molecule has 0 bridgehead atoms. The quantitative estimate of drug-likeness (QED) is 0.449. The summed E-state index contributed by atoms with van der Waals surface area (Å²) in [6, 6.07) is 10.6. The molecule has 0 N–H and O–H groups in total. The van der Waals surface area contributed by atoms with Gasteiger partial charge in [0.1, 0.15) is 5.82 Å². The van der Waals surface area contributed by atoms with E-state index in [1.807, 2.05) is 6.92 Å². The third-order valence-corrected chi connectivity index (χ3v) is 4.77. The Kier molecular flexibility index (Phi) is 4.96. The van der Waals surface area contributed by atoms with Crippen LogP contribution in [0.15, 0.2) is 42.5 Å². The Morgan fingerprint density at radius 3 is 1.89 bits per heavy atom. The molecule has 0 amide bonds. The lowest BCUT2D eigenvalue weighted by Gasteiger charge is -2.27. The van der Waals surface area contributed by atoms with Crippen LogP contribution in [0.3, 0.4) is 0 Å². The number of halogens is 4. The third-order valence-electron chi connectivity index (χ3n) is 4.77. The molecule has 0 radical (unpaired) electrons. The van der Waals surface area contributed by atoms with E-state index in [0.717, 1.165) is 11.6 Å². The minimum absolute atomic E-state index is 0.120. The van der Waals surface area contributed by atoms with E-state index in [4.69, 9.17) is 0 Å². The van der Waals surface area contributed by atoms with Gasteiger partial charge in [-0.1, -0.05) is 23.8 Å². The molecule has 0 fully saturated rings. The van der Waals surface area contributed by atoms with Crippen LogP contribution in [0, 0.1) is 51.0 Å². The van der Waals surface area contributed by atoms with Crippen LogP contribution < -0.4 is 4.90 Å². The van der Waals surface area contributed by atoms with Gasteiger partial charge in [0, 0.05) is 11.8 Å². The number of hydrogen-bond donors (Lipinski definition) is 0. The highest BCUT2D eigenvalue weighted by atomic mass is 19.2. The molecule has 5 heteroatoms. The van der Waals surface area contributed by atoms with Crippen molar-refractivity contribution in [1.82, 2.24) is 0 Å². The molecule has 0 aliphatic heterocycles. The smallest absolute Gasteiger partial charge is 0.183 e. The van der Waals surface area contributed by atoms with Gasteiger partial charge < -0.3 is 4.90 Å². The molecule has 3 rings (SSSR count). The van der Waals surface area contributed by atoms with E-state index in [1.54, 1.807) is 24.3 Å². The van der Waals surface area contributed by atoms with Crippen LogP contribution >= 0.6 is 0 Å². The summed E-state index contributed by atoms with van der Waals surface area (Å²) < 4.78 is 58.3. The summed E-state index contributed by atoms with van der Waals surface area (Å²) in [6.07, 6.45) is 0. The highest BCUT2D eigenvalue weighted by Crippen LogP contribution is 2.40. The van der Waals surface area contributed by atoms with Crippen molar-refractivity contribution in [1.29, 1.82) is 0 Å². The van der Waals surface area contributed by atoms with Crippen molar-refractivity contribution in [2.75, 3.05) is 4.90 Å². The molecule has 0 saturated carbocycles. The predicted molar refractivity (Wildman–Crippen MR) is 99.9 cm³/mol. The summed E-state index contributed by atoms with van der Waals surface area (Å²) in [5, 5.41) is 0. The summed E-state index contributed by atoms with van der Waals surface area (Å²) in [4.78, 5) is 1.20. The van der Waals surface area contributed by atoms with Gasteiger partial charge in [-0.15, -0.1) is 0 Å². The lowest BCUT2D eigenvalue weighted by molar-refractivity contribution is 0.504. The fraction of sp³-hybridized carbons (Fsp3) is 0.182. The van der Waals surface area contributed by atoms with Crippen LogP contribution in [-0.2, 0) is 0 Å². The average Bonchev–Trinajstić information content (AvgIpc) is 2.65. The van der Waals surface area contributed by atoms with Gasteiger partial charge in [0.15, 0.2) is 17.5 Å². The van der Waals surface area contributed by atoms with Gasteiger partial charge >= 0.3 is 0 Å². The van der Waals surface area contributed by atoms with Gasteiger partial charge in [-0.2, -0.15) is 0 Å². The zero-order valence-corrected chi connectivity index (χ0v) is 15.5. The van der Waals surface area contributed by atoms with E-state index in [0.29, 0.717) is 5.69 Å². The number of nitrogens with zero attached hydrogens (tertiary/aromatic N) is 1. The lowest BCUT2D eigenvalue weighted by Crippen LogP contribution is -2.16. The lowest BCUT2D eigenvalue weighted by atomic mass is 10.0.